The quantitative estimate of drug-likeness (QED) is 0.798. The van der Waals surface area contributed by atoms with Crippen LogP contribution in [0.15, 0.2) is 0 Å². The molecular weight excluding hydrogens is 216 g/mol. The first-order valence-electron chi connectivity index (χ1n) is 6.42. The Bertz CT molecular complexity index is 277. The molecule has 0 bridgehead atoms. The third-order valence-corrected chi connectivity index (χ3v) is 3.56. The topological polar surface area (TPSA) is 43.8 Å². The Labute approximate surface area is 105 Å². The lowest BCUT2D eigenvalue weighted by Crippen LogP contribution is -2.65. The zero-order valence-electron chi connectivity index (χ0n) is 11.7. The molecule has 1 fully saturated rings. The molecule has 1 saturated heterocycles. The van der Waals surface area contributed by atoms with E-state index in [4.69, 9.17) is 5.11 Å². The van der Waals surface area contributed by atoms with E-state index in [0.29, 0.717) is 12.3 Å². The lowest BCUT2D eigenvalue weighted by atomic mass is 9.93. The van der Waals surface area contributed by atoms with Crippen molar-refractivity contribution < 1.29 is 9.90 Å². The van der Waals surface area contributed by atoms with Crippen molar-refractivity contribution in [2.24, 2.45) is 5.92 Å². The molecular formula is C13H26N2O2. The van der Waals surface area contributed by atoms with E-state index in [1.807, 2.05) is 11.9 Å². The number of hydrogen-bond acceptors (Lipinski definition) is 3. The molecule has 0 radical (unpaired) electrons. The third-order valence-electron chi connectivity index (χ3n) is 3.56. The summed E-state index contributed by atoms with van der Waals surface area (Å²) in [7, 11) is 1.86. The second-order valence-electron chi connectivity index (χ2n) is 6.06. The second-order valence-corrected chi connectivity index (χ2v) is 6.06. The van der Waals surface area contributed by atoms with Crippen molar-refractivity contribution in [3.63, 3.8) is 0 Å². The van der Waals surface area contributed by atoms with Crippen LogP contribution in [-0.2, 0) is 4.79 Å². The van der Waals surface area contributed by atoms with Crippen LogP contribution >= 0.6 is 0 Å². The van der Waals surface area contributed by atoms with Gasteiger partial charge in [-0.1, -0.05) is 13.8 Å². The maximum atomic E-state index is 12.3. The standard InChI is InChI=1S/C13H26N2O2/c1-10(2)8-15-9-13(3,4)14(5)12(17)11(15)6-7-16/h10-11,16H,6-9H2,1-5H3. The third kappa shape index (κ3) is 3.19. The van der Waals surface area contributed by atoms with Crippen molar-refractivity contribution in [3.05, 3.63) is 0 Å². The van der Waals surface area contributed by atoms with Crippen molar-refractivity contribution in [2.45, 2.75) is 45.7 Å². The number of rotatable bonds is 4. The molecule has 1 heterocycles. The fourth-order valence-electron chi connectivity index (χ4n) is 2.48. The van der Waals surface area contributed by atoms with E-state index in [1.165, 1.54) is 0 Å². The number of likely N-dealkylation sites (N-methyl/N-ethyl adjacent to an activating group) is 1. The normalized spacial score (nSPS) is 25.7. The van der Waals surface area contributed by atoms with Crippen molar-refractivity contribution in [3.8, 4) is 0 Å². The Morgan fingerprint density at radius 3 is 2.53 bits per heavy atom. The average molecular weight is 242 g/mol. The Morgan fingerprint density at radius 2 is 2.06 bits per heavy atom. The van der Waals surface area contributed by atoms with Crippen LogP contribution < -0.4 is 0 Å². The van der Waals surface area contributed by atoms with E-state index >= 15 is 0 Å². The Morgan fingerprint density at radius 1 is 1.47 bits per heavy atom. The lowest BCUT2D eigenvalue weighted by molar-refractivity contribution is -0.150. The van der Waals surface area contributed by atoms with Crippen molar-refractivity contribution in [1.82, 2.24) is 9.80 Å². The molecule has 0 aromatic rings. The van der Waals surface area contributed by atoms with Gasteiger partial charge in [0.1, 0.15) is 0 Å². The summed E-state index contributed by atoms with van der Waals surface area (Å²) in [5.74, 6) is 0.666. The lowest BCUT2D eigenvalue weighted by Gasteiger charge is -2.49. The summed E-state index contributed by atoms with van der Waals surface area (Å²) < 4.78 is 0. The van der Waals surface area contributed by atoms with Gasteiger partial charge in [-0.15, -0.1) is 0 Å². The van der Waals surface area contributed by atoms with Crippen LogP contribution in [0.2, 0.25) is 0 Å². The molecule has 1 unspecified atom stereocenters. The van der Waals surface area contributed by atoms with E-state index in [0.717, 1.165) is 13.1 Å². The SMILES string of the molecule is CC(C)CN1CC(C)(C)N(C)C(=O)C1CCO. The van der Waals surface area contributed by atoms with Crippen molar-refractivity contribution >= 4 is 5.91 Å². The van der Waals surface area contributed by atoms with E-state index < -0.39 is 0 Å². The monoisotopic (exact) mass is 242 g/mol. The predicted molar refractivity (Wildman–Crippen MR) is 68.8 cm³/mol. The second kappa shape index (κ2) is 5.36. The van der Waals surface area contributed by atoms with Crippen LogP contribution in [-0.4, -0.2) is 59.1 Å². The smallest absolute Gasteiger partial charge is 0.240 e. The highest BCUT2D eigenvalue weighted by Crippen LogP contribution is 2.26. The molecule has 4 nitrogen and oxygen atoms in total. The number of aliphatic hydroxyl groups excluding tert-OH is 1. The number of nitrogens with zero attached hydrogens (tertiary/aromatic N) is 2. The molecule has 0 aliphatic carbocycles. The van der Waals surface area contributed by atoms with Crippen molar-refractivity contribution in [2.75, 3.05) is 26.7 Å². The summed E-state index contributed by atoms with van der Waals surface area (Å²) in [5.41, 5.74) is -0.127. The Kier molecular flexibility index (Phi) is 4.55. The van der Waals surface area contributed by atoms with Gasteiger partial charge < -0.3 is 10.0 Å². The largest absolute Gasteiger partial charge is 0.396 e. The van der Waals surface area contributed by atoms with E-state index in [1.54, 1.807) is 0 Å². The summed E-state index contributed by atoms with van der Waals surface area (Å²) in [6.45, 7) is 10.4. The van der Waals surface area contributed by atoms with E-state index in [-0.39, 0.29) is 24.1 Å². The highest BCUT2D eigenvalue weighted by atomic mass is 16.3. The highest BCUT2D eigenvalue weighted by molar-refractivity contribution is 5.83. The molecule has 1 N–H and O–H groups in total. The highest BCUT2D eigenvalue weighted by Gasteiger charge is 2.42. The van der Waals surface area contributed by atoms with Crippen LogP contribution in [0.5, 0.6) is 0 Å². The maximum absolute atomic E-state index is 12.3. The number of hydrogen-bond donors (Lipinski definition) is 1. The van der Waals surface area contributed by atoms with Gasteiger partial charge in [-0.3, -0.25) is 9.69 Å². The van der Waals surface area contributed by atoms with Crippen LogP contribution in [0, 0.1) is 5.92 Å². The van der Waals surface area contributed by atoms with Gasteiger partial charge >= 0.3 is 0 Å². The van der Waals surface area contributed by atoms with Gasteiger partial charge in [0.25, 0.3) is 0 Å². The first-order valence-corrected chi connectivity index (χ1v) is 6.42. The van der Waals surface area contributed by atoms with Gasteiger partial charge in [0.2, 0.25) is 5.91 Å². The minimum atomic E-state index is -0.152. The number of amides is 1. The van der Waals surface area contributed by atoms with Crippen LogP contribution in [0.3, 0.4) is 0 Å². The van der Waals surface area contributed by atoms with Gasteiger partial charge in [0.05, 0.1) is 6.04 Å². The number of carbonyl (C=O) groups excluding carboxylic acids is 1. The predicted octanol–water partition coefficient (Wildman–Crippen LogP) is 0.946. The minimum Gasteiger partial charge on any atom is -0.396 e. The average Bonchev–Trinajstić information content (AvgIpc) is 2.20. The first kappa shape index (κ1) is 14.5. The van der Waals surface area contributed by atoms with Crippen LogP contribution in [0.1, 0.15) is 34.1 Å². The number of carbonyl (C=O) groups is 1. The van der Waals surface area contributed by atoms with E-state index in [2.05, 4.69) is 32.6 Å². The molecule has 0 saturated carbocycles. The summed E-state index contributed by atoms with van der Waals surface area (Å²) in [4.78, 5) is 16.3. The van der Waals surface area contributed by atoms with Gasteiger partial charge in [-0.05, 0) is 26.2 Å². The number of aliphatic hydroxyl groups is 1. The molecule has 1 amide bonds. The minimum absolute atomic E-state index is 0.0687. The van der Waals surface area contributed by atoms with E-state index in [9.17, 15) is 4.79 Å². The molecule has 1 aliphatic rings. The van der Waals surface area contributed by atoms with Gasteiger partial charge in [0.15, 0.2) is 0 Å². The maximum Gasteiger partial charge on any atom is 0.240 e. The molecule has 1 atom stereocenters. The summed E-state index contributed by atoms with van der Waals surface area (Å²) in [6, 6.07) is -0.152. The first-order chi connectivity index (χ1) is 7.79. The molecule has 4 heteroatoms. The molecule has 1 rings (SSSR count). The molecule has 100 valence electrons. The molecule has 1 aliphatic heterocycles. The Hall–Kier alpha value is -0.610. The fourth-order valence-corrected chi connectivity index (χ4v) is 2.48. The van der Waals surface area contributed by atoms with Crippen LogP contribution in [0.25, 0.3) is 0 Å². The molecule has 0 spiro atoms. The van der Waals surface area contributed by atoms with Crippen LogP contribution in [0.4, 0.5) is 0 Å². The molecule has 17 heavy (non-hydrogen) atoms. The van der Waals surface area contributed by atoms with Gasteiger partial charge in [-0.25, -0.2) is 0 Å². The molecule has 0 aromatic heterocycles. The zero-order chi connectivity index (χ0) is 13.2. The van der Waals surface area contributed by atoms with Gasteiger partial charge in [0, 0.05) is 32.3 Å². The van der Waals surface area contributed by atoms with Crippen molar-refractivity contribution in [1.29, 1.82) is 0 Å². The zero-order valence-corrected chi connectivity index (χ0v) is 11.7. The fraction of sp³-hybridized carbons (Fsp3) is 0.923. The number of piperazine rings is 1. The summed E-state index contributed by atoms with van der Waals surface area (Å²) >= 11 is 0. The summed E-state index contributed by atoms with van der Waals surface area (Å²) in [6.07, 6.45) is 0.534. The summed E-state index contributed by atoms with van der Waals surface area (Å²) in [5, 5.41) is 9.11. The molecule has 0 aromatic carbocycles. The van der Waals surface area contributed by atoms with Gasteiger partial charge in [-0.2, -0.15) is 0 Å². The Balaban J connectivity index is 2.87.